The van der Waals surface area contributed by atoms with Gasteiger partial charge in [-0.15, -0.1) is 0 Å². The normalized spacial score (nSPS) is 19.0. The van der Waals surface area contributed by atoms with E-state index in [0.717, 1.165) is 32.6 Å². The summed E-state index contributed by atoms with van der Waals surface area (Å²) >= 11 is 0. The molecule has 1 saturated heterocycles. The standard InChI is InChI=1S/C18H28FN3O2/c1-4-16(12-23)22-9-7-21(8-10-22)14(3)18(24)20-15-6-5-13(2)17(19)11-15/h5-6,11,14,16,23H,4,7-10,12H2,1-3H3,(H,20,24). The van der Waals surface area contributed by atoms with Gasteiger partial charge in [0.05, 0.1) is 12.6 Å². The minimum atomic E-state index is -0.316. The molecule has 0 bridgehead atoms. The number of amides is 1. The number of hydrogen-bond acceptors (Lipinski definition) is 4. The van der Waals surface area contributed by atoms with Gasteiger partial charge in [-0.25, -0.2) is 4.39 Å². The quantitative estimate of drug-likeness (QED) is 0.832. The molecule has 0 aliphatic carbocycles. The molecule has 1 fully saturated rings. The Labute approximate surface area is 143 Å². The lowest BCUT2D eigenvalue weighted by Gasteiger charge is -2.40. The molecule has 0 radical (unpaired) electrons. The first-order valence-corrected chi connectivity index (χ1v) is 8.62. The summed E-state index contributed by atoms with van der Waals surface area (Å²) in [5, 5.41) is 12.2. The van der Waals surface area contributed by atoms with Gasteiger partial charge in [-0.1, -0.05) is 13.0 Å². The van der Waals surface area contributed by atoms with Gasteiger partial charge in [0.15, 0.2) is 0 Å². The summed E-state index contributed by atoms with van der Waals surface area (Å²) in [4.78, 5) is 16.8. The lowest BCUT2D eigenvalue weighted by atomic mass is 10.1. The highest BCUT2D eigenvalue weighted by Gasteiger charge is 2.28. The first kappa shape index (κ1) is 18.8. The SMILES string of the molecule is CCC(CO)N1CCN(C(C)C(=O)Nc2ccc(C)c(F)c2)CC1. The summed E-state index contributed by atoms with van der Waals surface area (Å²) in [5.74, 6) is -0.440. The molecule has 1 amide bonds. The highest BCUT2D eigenvalue weighted by atomic mass is 19.1. The summed E-state index contributed by atoms with van der Waals surface area (Å²) in [7, 11) is 0. The van der Waals surface area contributed by atoms with E-state index < -0.39 is 0 Å². The fraction of sp³-hybridized carbons (Fsp3) is 0.611. The van der Waals surface area contributed by atoms with Crippen LogP contribution < -0.4 is 5.32 Å². The minimum Gasteiger partial charge on any atom is -0.395 e. The molecule has 134 valence electrons. The van der Waals surface area contributed by atoms with Crippen LogP contribution in [0.5, 0.6) is 0 Å². The van der Waals surface area contributed by atoms with E-state index in [4.69, 9.17) is 0 Å². The van der Waals surface area contributed by atoms with E-state index in [1.165, 1.54) is 6.07 Å². The Kier molecular flexibility index (Phi) is 6.71. The van der Waals surface area contributed by atoms with Crippen LogP contribution in [0.25, 0.3) is 0 Å². The molecule has 24 heavy (non-hydrogen) atoms. The van der Waals surface area contributed by atoms with E-state index >= 15 is 0 Å². The average Bonchev–Trinajstić information content (AvgIpc) is 2.59. The summed E-state index contributed by atoms with van der Waals surface area (Å²) < 4.78 is 13.6. The van der Waals surface area contributed by atoms with Crippen molar-refractivity contribution in [2.45, 2.75) is 39.3 Å². The zero-order valence-corrected chi connectivity index (χ0v) is 14.8. The third kappa shape index (κ3) is 4.53. The number of hydrogen-bond donors (Lipinski definition) is 2. The van der Waals surface area contributed by atoms with E-state index in [0.29, 0.717) is 11.3 Å². The third-order valence-corrected chi connectivity index (χ3v) is 4.91. The van der Waals surface area contributed by atoms with Crippen LogP contribution in [0, 0.1) is 12.7 Å². The van der Waals surface area contributed by atoms with Crippen molar-refractivity contribution < 1.29 is 14.3 Å². The maximum absolute atomic E-state index is 13.6. The molecule has 2 rings (SSSR count). The number of nitrogens with zero attached hydrogens (tertiary/aromatic N) is 2. The molecule has 0 saturated carbocycles. The minimum absolute atomic E-state index is 0.124. The predicted octanol–water partition coefficient (Wildman–Crippen LogP) is 1.85. The Balaban J connectivity index is 1.88. The second-order valence-electron chi connectivity index (χ2n) is 6.45. The molecule has 0 spiro atoms. The van der Waals surface area contributed by atoms with Gasteiger partial charge in [0, 0.05) is 37.9 Å². The first-order chi connectivity index (χ1) is 11.5. The highest BCUT2D eigenvalue weighted by Crippen LogP contribution is 2.16. The topological polar surface area (TPSA) is 55.8 Å². The molecule has 2 N–H and O–H groups in total. The number of aliphatic hydroxyl groups is 1. The highest BCUT2D eigenvalue weighted by molar-refractivity contribution is 5.94. The molecule has 1 aliphatic rings. The molecule has 1 heterocycles. The second kappa shape index (κ2) is 8.55. The number of aliphatic hydroxyl groups excluding tert-OH is 1. The third-order valence-electron chi connectivity index (χ3n) is 4.91. The van der Waals surface area contributed by atoms with Crippen molar-refractivity contribution in [2.75, 3.05) is 38.1 Å². The van der Waals surface area contributed by atoms with Crippen molar-refractivity contribution in [3.8, 4) is 0 Å². The zero-order chi connectivity index (χ0) is 17.7. The molecule has 1 aromatic rings. The molecule has 2 atom stereocenters. The summed E-state index contributed by atoms with van der Waals surface area (Å²) in [5.41, 5.74) is 1.05. The molecule has 0 aromatic heterocycles. The monoisotopic (exact) mass is 337 g/mol. The molecule has 2 unspecified atom stereocenters. The number of carbonyl (C=O) groups excluding carboxylic acids is 1. The summed E-state index contributed by atoms with van der Waals surface area (Å²) in [6.07, 6.45) is 0.922. The van der Waals surface area contributed by atoms with E-state index in [-0.39, 0.29) is 30.4 Å². The Morgan fingerprint density at radius 3 is 2.46 bits per heavy atom. The average molecular weight is 337 g/mol. The van der Waals surface area contributed by atoms with Gasteiger partial charge < -0.3 is 10.4 Å². The first-order valence-electron chi connectivity index (χ1n) is 8.62. The van der Waals surface area contributed by atoms with Crippen molar-refractivity contribution >= 4 is 11.6 Å². The Hall–Kier alpha value is -1.50. The number of rotatable bonds is 6. The lowest BCUT2D eigenvalue weighted by molar-refractivity contribution is -0.121. The summed E-state index contributed by atoms with van der Waals surface area (Å²) in [6.45, 7) is 9.07. The van der Waals surface area contributed by atoms with Gasteiger partial charge in [0.1, 0.15) is 5.82 Å². The van der Waals surface area contributed by atoms with Crippen LogP contribution in [0.15, 0.2) is 18.2 Å². The number of benzene rings is 1. The fourth-order valence-corrected chi connectivity index (χ4v) is 3.08. The summed E-state index contributed by atoms with van der Waals surface area (Å²) in [6, 6.07) is 4.66. The number of piperazine rings is 1. The predicted molar refractivity (Wildman–Crippen MR) is 93.5 cm³/mol. The second-order valence-corrected chi connectivity index (χ2v) is 6.45. The Morgan fingerprint density at radius 2 is 1.92 bits per heavy atom. The van der Waals surface area contributed by atoms with Gasteiger partial charge in [-0.05, 0) is 38.0 Å². The Morgan fingerprint density at radius 1 is 1.29 bits per heavy atom. The molecule has 6 heteroatoms. The Bertz CT molecular complexity index is 555. The van der Waals surface area contributed by atoms with E-state index in [1.54, 1.807) is 19.1 Å². The van der Waals surface area contributed by atoms with Gasteiger partial charge in [0.2, 0.25) is 5.91 Å². The van der Waals surface area contributed by atoms with Crippen molar-refractivity contribution in [3.63, 3.8) is 0 Å². The lowest BCUT2D eigenvalue weighted by Crippen LogP contribution is -2.55. The van der Waals surface area contributed by atoms with Crippen LogP contribution in [-0.2, 0) is 4.79 Å². The maximum atomic E-state index is 13.6. The van der Waals surface area contributed by atoms with Gasteiger partial charge in [0.25, 0.3) is 0 Å². The number of anilines is 1. The van der Waals surface area contributed by atoms with Gasteiger partial charge in [-0.2, -0.15) is 0 Å². The largest absolute Gasteiger partial charge is 0.395 e. The number of halogens is 1. The number of nitrogens with one attached hydrogen (secondary N) is 1. The van der Waals surface area contributed by atoms with Gasteiger partial charge >= 0.3 is 0 Å². The van der Waals surface area contributed by atoms with E-state index in [1.807, 2.05) is 6.92 Å². The molecule has 5 nitrogen and oxygen atoms in total. The van der Waals surface area contributed by atoms with Crippen LogP contribution in [0.1, 0.15) is 25.8 Å². The molecular weight excluding hydrogens is 309 g/mol. The van der Waals surface area contributed by atoms with Crippen molar-refractivity contribution in [3.05, 3.63) is 29.6 Å². The van der Waals surface area contributed by atoms with Crippen LogP contribution in [-0.4, -0.2) is 65.7 Å². The molecule has 1 aromatic carbocycles. The van der Waals surface area contributed by atoms with E-state index in [9.17, 15) is 14.3 Å². The smallest absolute Gasteiger partial charge is 0.241 e. The van der Waals surface area contributed by atoms with Crippen LogP contribution in [0.2, 0.25) is 0 Å². The van der Waals surface area contributed by atoms with Crippen LogP contribution in [0.3, 0.4) is 0 Å². The maximum Gasteiger partial charge on any atom is 0.241 e. The van der Waals surface area contributed by atoms with Crippen LogP contribution >= 0.6 is 0 Å². The number of carbonyl (C=O) groups is 1. The number of aryl methyl sites for hydroxylation is 1. The van der Waals surface area contributed by atoms with Crippen molar-refractivity contribution in [2.24, 2.45) is 0 Å². The molecular formula is C18H28FN3O2. The van der Waals surface area contributed by atoms with Crippen LogP contribution in [0.4, 0.5) is 10.1 Å². The van der Waals surface area contributed by atoms with E-state index in [2.05, 4.69) is 22.0 Å². The zero-order valence-electron chi connectivity index (χ0n) is 14.8. The molecule has 1 aliphatic heterocycles. The van der Waals surface area contributed by atoms with Crippen molar-refractivity contribution in [1.29, 1.82) is 0 Å². The van der Waals surface area contributed by atoms with Gasteiger partial charge in [-0.3, -0.25) is 14.6 Å². The van der Waals surface area contributed by atoms with Crippen molar-refractivity contribution in [1.82, 2.24) is 9.80 Å². The fourth-order valence-electron chi connectivity index (χ4n) is 3.08.